The molecule has 0 aliphatic rings. The molecule has 0 atom stereocenters. The molecule has 0 amide bonds. The minimum absolute atomic E-state index is 1.01. The number of rotatable bonds is 3. The van der Waals surface area contributed by atoms with E-state index in [1.165, 1.54) is 5.56 Å². The van der Waals surface area contributed by atoms with E-state index in [1.807, 2.05) is 12.1 Å². The van der Waals surface area contributed by atoms with Crippen molar-refractivity contribution in [3.63, 3.8) is 0 Å². The van der Waals surface area contributed by atoms with Crippen LogP contribution in [0, 0.1) is 6.92 Å². The van der Waals surface area contributed by atoms with Gasteiger partial charge >= 0.3 is 0 Å². The van der Waals surface area contributed by atoms with Crippen LogP contribution < -0.4 is 0 Å². The van der Waals surface area contributed by atoms with Gasteiger partial charge in [-0.05, 0) is 35.8 Å². The molecule has 0 N–H and O–H groups in total. The summed E-state index contributed by atoms with van der Waals surface area (Å²) in [6.45, 7) is 9.50. The molecule has 0 saturated heterocycles. The molecule has 0 aromatic heterocycles. The van der Waals surface area contributed by atoms with Gasteiger partial charge in [-0.1, -0.05) is 37.4 Å². The quantitative estimate of drug-likeness (QED) is 0.555. The van der Waals surface area contributed by atoms with Gasteiger partial charge in [0.25, 0.3) is 0 Å². The van der Waals surface area contributed by atoms with Gasteiger partial charge in [0.1, 0.15) is 0 Å². The van der Waals surface area contributed by atoms with Crippen molar-refractivity contribution in [3.05, 3.63) is 60.2 Å². The molecule has 0 fully saturated rings. The van der Waals surface area contributed by atoms with Crippen LogP contribution in [-0.2, 0) is 0 Å². The third-order valence-electron chi connectivity index (χ3n) is 2.14. The van der Waals surface area contributed by atoms with E-state index in [2.05, 4.69) is 44.9 Å². The van der Waals surface area contributed by atoms with Crippen LogP contribution >= 0.6 is 12.6 Å². The van der Waals surface area contributed by atoms with Crippen LogP contribution in [0.1, 0.15) is 11.1 Å². The minimum atomic E-state index is 1.01. The molecule has 1 aromatic rings. The maximum atomic E-state index is 4.37. The zero-order valence-corrected chi connectivity index (χ0v) is 9.22. The molecule has 0 nitrogen and oxygen atoms in total. The van der Waals surface area contributed by atoms with Crippen LogP contribution in [0.15, 0.2) is 54.0 Å². The third kappa shape index (κ3) is 2.39. The van der Waals surface area contributed by atoms with E-state index < -0.39 is 0 Å². The number of hydrogen-bond acceptors (Lipinski definition) is 1. The van der Waals surface area contributed by atoms with Crippen molar-refractivity contribution in [3.8, 4) is 0 Å². The van der Waals surface area contributed by atoms with Gasteiger partial charge in [0.05, 0.1) is 0 Å². The number of hydrogen-bond donors (Lipinski definition) is 1. The fourth-order valence-electron chi connectivity index (χ4n) is 1.18. The van der Waals surface area contributed by atoms with Crippen LogP contribution in [0.4, 0.5) is 0 Å². The topological polar surface area (TPSA) is 0 Å². The lowest BCUT2D eigenvalue weighted by Crippen LogP contribution is -1.83. The molecule has 0 saturated carbocycles. The van der Waals surface area contributed by atoms with Crippen molar-refractivity contribution in [2.75, 3.05) is 0 Å². The van der Waals surface area contributed by atoms with E-state index in [-0.39, 0.29) is 0 Å². The highest BCUT2D eigenvalue weighted by atomic mass is 32.1. The molecule has 0 radical (unpaired) electrons. The molecule has 1 rings (SSSR count). The van der Waals surface area contributed by atoms with E-state index in [9.17, 15) is 0 Å². The summed E-state index contributed by atoms with van der Waals surface area (Å²) in [4.78, 5) is 1.01. The molecule has 1 aromatic carbocycles. The molecule has 14 heavy (non-hydrogen) atoms. The SMILES string of the molecule is C=CC(C=C)=Cc1cccc(S)c1C. The summed E-state index contributed by atoms with van der Waals surface area (Å²) in [5.74, 6) is 0. The third-order valence-corrected chi connectivity index (χ3v) is 2.63. The average molecular weight is 202 g/mol. The van der Waals surface area contributed by atoms with Gasteiger partial charge in [-0.15, -0.1) is 12.6 Å². The summed E-state index contributed by atoms with van der Waals surface area (Å²) in [6, 6.07) is 6.03. The molecule has 0 spiro atoms. The Bertz CT molecular complexity index is 376. The smallest absolute Gasteiger partial charge is 0.00752 e. The van der Waals surface area contributed by atoms with Crippen LogP contribution in [0.2, 0.25) is 0 Å². The number of thiol groups is 1. The highest BCUT2D eigenvalue weighted by Gasteiger charge is 1.97. The van der Waals surface area contributed by atoms with E-state index in [0.717, 1.165) is 16.0 Å². The van der Waals surface area contributed by atoms with Gasteiger partial charge in [0.15, 0.2) is 0 Å². The lowest BCUT2D eigenvalue weighted by atomic mass is 10.1. The fraction of sp³-hybridized carbons (Fsp3) is 0.0769. The van der Waals surface area contributed by atoms with Gasteiger partial charge in [0, 0.05) is 4.90 Å². The van der Waals surface area contributed by atoms with Crippen molar-refractivity contribution in [2.45, 2.75) is 11.8 Å². The maximum Gasteiger partial charge on any atom is 0.00752 e. The first-order valence-corrected chi connectivity index (χ1v) is 4.89. The molecular formula is C13H14S. The monoisotopic (exact) mass is 202 g/mol. The largest absolute Gasteiger partial charge is 0.143 e. The van der Waals surface area contributed by atoms with E-state index in [1.54, 1.807) is 12.2 Å². The van der Waals surface area contributed by atoms with Gasteiger partial charge in [-0.2, -0.15) is 0 Å². The Morgan fingerprint density at radius 2 is 1.93 bits per heavy atom. The summed E-state index contributed by atoms with van der Waals surface area (Å²) in [5, 5.41) is 0. The Morgan fingerprint density at radius 1 is 1.29 bits per heavy atom. The normalized spacial score (nSPS) is 9.29. The van der Waals surface area contributed by atoms with E-state index in [4.69, 9.17) is 0 Å². The zero-order valence-electron chi connectivity index (χ0n) is 8.33. The van der Waals surface area contributed by atoms with Crippen molar-refractivity contribution in [1.82, 2.24) is 0 Å². The Hall–Kier alpha value is -1.21. The first-order chi connectivity index (χ1) is 6.69. The van der Waals surface area contributed by atoms with Gasteiger partial charge in [-0.3, -0.25) is 0 Å². The average Bonchev–Trinajstić information content (AvgIpc) is 2.20. The first-order valence-electron chi connectivity index (χ1n) is 4.44. The van der Waals surface area contributed by atoms with Crippen LogP contribution in [0.5, 0.6) is 0 Å². The molecule has 0 bridgehead atoms. The Labute approximate surface area is 91.1 Å². The number of allylic oxidation sites excluding steroid dienone is 3. The second-order valence-corrected chi connectivity index (χ2v) is 3.53. The Morgan fingerprint density at radius 3 is 2.50 bits per heavy atom. The molecule has 0 heterocycles. The van der Waals surface area contributed by atoms with Crippen molar-refractivity contribution >= 4 is 18.7 Å². The van der Waals surface area contributed by atoms with Crippen LogP contribution in [0.3, 0.4) is 0 Å². The van der Waals surface area contributed by atoms with Crippen molar-refractivity contribution in [2.24, 2.45) is 0 Å². The highest BCUT2D eigenvalue weighted by molar-refractivity contribution is 7.80. The van der Waals surface area contributed by atoms with E-state index in [0.29, 0.717) is 0 Å². The van der Waals surface area contributed by atoms with E-state index >= 15 is 0 Å². The van der Waals surface area contributed by atoms with Crippen molar-refractivity contribution < 1.29 is 0 Å². The van der Waals surface area contributed by atoms with Crippen molar-refractivity contribution in [1.29, 1.82) is 0 Å². The molecule has 0 aliphatic carbocycles. The Kier molecular flexibility index (Phi) is 3.78. The molecule has 1 heteroatoms. The van der Waals surface area contributed by atoms with Crippen LogP contribution in [-0.4, -0.2) is 0 Å². The summed E-state index contributed by atoms with van der Waals surface area (Å²) in [7, 11) is 0. The van der Waals surface area contributed by atoms with Gasteiger partial charge in [0.2, 0.25) is 0 Å². The van der Waals surface area contributed by atoms with Crippen LogP contribution in [0.25, 0.3) is 6.08 Å². The molecular weight excluding hydrogens is 188 g/mol. The second-order valence-electron chi connectivity index (χ2n) is 3.04. The first kappa shape index (κ1) is 10.9. The highest BCUT2D eigenvalue weighted by Crippen LogP contribution is 2.19. The predicted molar refractivity (Wildman–Crippen MR) is 66.8 cm³/mol. The summed E-state index contributed by atoms with van der Waals surface area (Å²) >= 11 is 4.37. The summed E-state index contributed by atoms with van der Waals surface area (Å²) in [6.07, 6.45) is 5.63. The lowest BCUT2D eigenvalue weighted by molar-refractivity contribution is 1.29. The standard InChI is InChI=1S/C13H14S/c1-4-11(5-2)9-12-7-6-8-13(14)10(12)3/h4-9,14H,1-2H2,3H3. The van der Waals surface area contributed by atoms with Gasteiger partial charge in [-0.25, -0.2) is 0 Å². The summed E-state index contributed by atoms with van der Waals surface area (Å²) < 4.78 is 0. The molecule has 72 valence electrons. The maximum absolute atomic E-state index is 4.37. The minimum Gasteiger partial charge on any atom is -0.143 e. The second kappa shape index (κ2) is 4.87. The number of benzene rings is 1. The molecule has 0 unspecified atom stereocenters. The predicted octanol–water partition coefficient (Wildman–Crippen LogP) is 4.04. The summed E-state index contributed by atoms with van der Waals surface area (Å²) in [5.41, 5.74) is 3.36. The molecule has 0 aliphatic heterocycles. The van der Waals surface area contributed by atoms with Gasteiger partial charge < -0.3 is 0 Å². The zero-order chi connectivity index (χ0) is 10.6. The lowest BCUT2D eigenvalue weighted by Gasteiger charge is -2.03. The Balaban J connectivity index is 3.20. The fourth-order valence-corrected chi connectivity index (χ4v) is 1.39.